The van der Waals surface area contributed by atoms with Crippen LogP contribution < -0.4 is 0 Å². The van der Waals surface area contributed by atoms with Crippen molar-refractivity contribution in [3.05, 3.63) is 71.0 Å². The summed E-state index contributed by atoms with van der Waals surface area (Å²) in [6.45, 7) is 4.97. The van der Waals surface area contributed by atoms with Gasteiger partial charge >= 0.3 is 6.09 Å². The number of nitrogens with zero attached hydrogens (tertiary/aromatic N) is 3. The van der Waals surface area contributed by atoms with Crippen molar-refractivity contribution in [2.45, 2.75) is 38.4 Å². The van der Waals surface area contributed by atoms with E-state index < -0.39 is 6.09 Å². The highest BCUT2D eigenvalue weighted by atomic mass is 19.1. The smallest absolute Gasteiger partial charge is 0.407 e. The Bertz CT molecular complexity index is 861. The Morgan fingerprint density at radius 2 is 1.75 bits per heavy atom. The van der Waals surface area contributed by atoms with Crippen LogP contribution in [0.4, 0.5) is 9.18 Å². The molecule has 2 aromatic carbocycles. The van der Waals surface area contributed by atoms with E-state index in [1.807, 2.05) is 26.0 Å². The normalized spacial score (nSPS) is 21.1. The van der Waals surface area contributed by atoms with Gasteiger partial charge in [0.25, 0.3) is 0 Å². The SMILES string of the molecule is CCC1CN(C(=O)O)C(C)CN1[C@@H](c1ccc(F)cc1)c1ccc(C#N)cc1. The Morgan fingerprint density at radius 3 is 2.25 bits per heavy atom. The number of carboxylic acid groups (broad SMARTS) is 1. The van der Waals surface area contributed by atoms with Gasteiger partial charge in [0.1, 0.15) is 5.82 Å². The molecule has 1 fully saturated rings. The van der Waals surface area contributed by atoms with E-state index in [0.717, 1.165) is 17.5 Å². The number of rotatable bonds is 4. The van der Waals surface area contributed by atoms with E-state index in [9.17, 15) is 14.3 Å². The fourth-order valence-corrected chi connectivity index (χ4v) is 3.97. The van der Waals surface area contributed by atoms with Crippen molar-refractivity contribution in [1.29, 1.82) is 5.26 Å². The highest BCUT2D eigenvalue weighted by molar-refractivity contribution is 5.65. The second-order valence-corrected chi connectivity index (χ2v) is 7.23. The molecule has 1 amide bonds. The van der Waals surface area contributed by atoms with E-state index in [-0.39, 0.29) is 23.9 Å². The molecule has 3 atom stereocenters. The molecule has 0 saturated carbocycles. The van der Waals surface area contributed by atoms with Crippen molar-refractivity contribution < 1.29 is 14.3 Å². The number of halogens is 1. The predicted octanol–water partition coefficient (Wildman–Crippen LogP) is 4.25. The minimum absolute atomic E-state index is 0.0398. The van der Waals surface area contributed by atoms with E-state index in [0.29, 0.717) is 18.7 Å². The molecule has 0 aliphatic carbocycles. The highest BCUT2D eigenvalue weighted by Crippen LogP contribution is 2.34. The molecule has 0 radical (unpaired) electrons. The third-order valence-corrected chi connectivity index (χ3v) is 5.47. The van der Waals surface area contributed by atoms with Crippen LogP contribution in [-0.4, -0.2) is 46.2 Å². The molecule has 0 bridgehead atoms. The fourth-order valence-electron chi connectivity index (χ4n) is 3.97. The number of carbonyl (C=O) groups is 1. The van der Waals surface area contributed by atoms with Gasteiger partial charge in [-0.05, 0) is 48.7 Å². The third-order valence-electron chi connectivity index (χ3n) is 5.47. The monoisotopic (exact) mass is 381 g/mol. The first-order valence-corrected chi connectivity index (χ1v) is 9.45. The maximum Gasteiger partial charge on any atom is 0.407 e. The van der Waals surface area contributed by atoms with Crippen molar-refractivity contribution in [3.63, 3.8) is 0 Å². The van der Waals surface area contributed by atoms with Crippen LogP contribution in [0.15, 0.2) is 48.5 Å². The zero-order valence-corrected chi connectivity index (χ0v) is 16.0. The van der Waals surface area contributed by atoms with Gasteiger partial charge in [-0.1, -0.05) is 31.2 Å². The summed E-state index contributed by atoms with van der Waals surface area (Å²) in [5.41, 5.74) is 2.53. The number of piperazine rings is 1. The second-order valence-electron chi connectivity index (χ2n) is 7.23. The van der Waals surface area contributed by atoms with Gasteiger partial charge in [0, 0.05) is 25.2 Å². The van der Waals surface area contributed by atoms with E-state index in [1.165, 1.54) is 17.0 Å². The molecule has 0 aromatic heterocycles. The van der Waals surface area contributed by atoms with Crippen molar-refractivity contribution in [2.24, 2.45) is 0 Å². The van der Waals surface area contributed by atoms with Gasteiger partial charge in [0.2, 0.25) is 0 Å². The Morgan fingerprint density at radius 1 is 1.18 bits per heavy atom. The number of nitriles is 1. The molecule has 5 nitrogen and oxygen atoms in total. The second kappa shape index (κ2) is 8.41. The molecule has 1 aliphatic rings. The first-order chi connectivity index (χ1) is 13.4. The molecule has 1 saturated heterocycles. The molecule has 3 rings (SSSR count). The quantitative estimate of drug-likeness (QED) is 0.860. The van der Waals surface area contributed by atoms with Crippen LogP contribution >= 0.6 is 0 Å². The molecule has 2 aromatic rings. The minimum atomic E-state index is -0.901. The molecule has 28 heavy (non-hydrogen) atoms. The first kappa shape index (κ1) is 19.8. The van der Waals surface area contributed by atoms with Gasteiger partial charge in [-0.2, -0.15) is 5.26 Å². The first-order valence-electron chi connectivity index (χ1n) is 9.45. The lowest BCUT2D eigenvalue weighted by molar-refractivity contribution is 0.0199. The van der Waals surface area contributed by atoms with Crippen LogP contribution in [0.5, 0.6) is 0 Å². The van der Waals surface area contributed by atoms with E-state index in [1.54, 1.807) is 24.3 Å². The lowest BCUT2D eigenvalue weighted by atomic mass is 9.92. The Balaban J connectivity index is 2.03. The zero-order chi connectivity index (χ0) is 20.3. The zero-order valence-electron chi connectivity index (χ0n) is 16.0. The summed E-state index contributed by atoms with van der Waals surface area (Å²) in [6, 6.07) is 15.7. The maximum atomic E-state index is 13.5. The van der Waals surface area contributed by atoms with E-state index in [2.05, 4.69) is 11.0 Å². The van der Waals surface area contributed by atoms with Crippen molar-refractivity contribution >= 4 is 6.09 Å². The summed E-state index contributed by atoms with van der Waals surface area (Å²) in [5, 5.41) is 18.6. The van der Waals surface area contributed by atoms with Gasteiger partial charge in [-0.25, -0.2) is 9.18 Å². The van der Waals surface area contributed by atoms with E-state index >= 15 is 0 Å². The topological polar surface area (TPSA) is 67.6 Å². The van der Waals surface area contributed by atoms with Crippen LogP contribution in [0, 0.1) is 17.1 Å². The van der Waals surface area contributed by atoms with Gasteiger partial charge in [-0.3, -0.25) is 4.90 Å². The lowest BCUT2D eigenvalue weighted by Crippen LogP contribution is -2.59. The fraction of sp³-hybridized carbons (Fsp3) is 0.364. The average molecular weight is 381 g/mol. The summed E-state index contributed by atoms with van der Waals surface area (Å²) in [4.78, 5) is 15.4. The van der Waals surface area contributed by atoms with Crippen molar-refractivity contribution in [1.82, 2.24) is 9.80 Å². The molecular weight excluding hydrogens is 357 g/mol. The summed E-state index contributed by atoms with van der Waals surface area (Å²) in [7, 11) is 0. The minimum Gasteiger partial charge on any atom is -0.465 e. The molecular formula is C22H24FN3O2. The average Bonchev–Trinajstić information content (AvgIpc) is 2.70. The van der Waals surface area contributed by atoms with Gasteiger partial charge in [0.05, 0.1) is 17.7 Å². The molecule has 2 unspecified atom stereocenters. The largest absolute Gasteiger partial charge is 0.465 e. The summed E-state index contributed by atoms with van der Waals surface area (Å²) in [6.07, 6.45) is -0.105. The lowest BCUT2D eigenvalue weighted by Gasteiger charge is -2.47. The van der Waals surface area contributed by atoms with Crippen LogP contribution in [0.25, 0.3) is 0 Å². The van der Waals surface area contributed by atoms with E-state index in [4.69, 9.17) is 5.26 Å². The van der Waals surface area contributed by atoms with Gasteiger partial charge in [-0.15, -0.1) is 0 Å². The van der Waals surface area contributed by atoms with Crippen LogP contribution in [0.2, 0.25) is 0 Å². The molecule has 146 valence electrons. The van der Waals surface area contributed by atoms with Gasteiger partial charge in [0.15, 0.2) is 0 Å². The molecule has 0 spiro atoms. The third kappa shape index (κ3) is 4.00. The van der Waals surface area contributed by atoms with Crippen molar-refractivity contribution in [2.75, 3.05) is 13.1 Å². The molecule has 6 heteroatoms. The van der Waals surface area contributed by atoms with Crippen LogP contribution in [-0.2, 0) is 0 Å². The van der Waals surface area contributed by atoms with Crippen LogP contribution in [0.1, 0.15) is 43.0 Å². The van der Waals surface area contributed by atoms with Crippen LogP contribution in [0.3, 0.4) is 0 Å². The number of benzene rings is 2. The number of hydrogen-bond acceptors (Lipinski definition) is 3. The molecule has 1 N–H and O–H groups in total. The standard InChI is InChI=1S/C22H24FN3O2/c1-3-20-14-25(22(27)28)15(2)13-26(20)21(18-8-10-19(23)11-9-18)17-6-4-16(12-24)5-7-17/h4-11,15,20-21H,3,13-14H2,1-2H3,(H,27,28)/t15?,20?,21-/m1/s1. The maximum absolute atomic E-state index is 13.5. The number of amides is 1. The molecule has 1 heterocycles. The summed E-state index contributed by atoms with van der Waals surface area (Å²) >= 11 is 0. The summed E-state index contributed by atoms with van der Waals surface area (Å²) in [5.74, 6) is -0.293. The Hall–Kier alpha value is -2.91. The number of hydrogen-bond donors (Lipinski definition) is 1. The van der Waals surface area contributed by atoms with Crippen molar-refractivity contribution in [3.8, 4) is 6.07 Å². The highest BCUT2D eigenvalue weighted by Gasteiger charge is 2.37. The Labute approximate surface area is 164 Å². The predicted molar refractivity (Wildman–Crippen MR) is 104 cm³/mol. The summed E-state index contributed by atoms with van der Waals surface area (Å²) < 4.78 is 13.5. The van der Waals surface area contributed by atoms with Gasteiger partial charge < -0.3 is 10.0 Å². The Kier molecular flexibility index (Phi) is 5.96. The molecule has 1 aliphatic heterocycles.